The summed E-state index contributed by atoms with van der Waals surface area (Å²) in [5, 5.41) is 4.08. The molecule has 2 rings (SSSR count). The molecule has 0 radical (unpaired) electrons. The van der Waals surface area contributed by atoms with Crippen LogP contribution in [0.2, 0.25) is 5.02 Å². The summed E-state index contributed by atoms with van der Waals surface area (Å²) in [6.07, 6.45) is 2.60. The van der Waals surface area contributed by atoms with Gasteiger partial charge in [-0.1, -0.05) is 24.6 Å². The summed E-state index contributed by atoms with van der Waals surface area (Å²) < 4.78 is 5.70. The van der Waals surface area contributed by atoms with E-state index in [2.05, 4.69) is 25.2 Å². The van der Waals surface area contributed by atoms with E-state index in [4.69, 9.17) is 16.3 Å². The van der Waals surface area contributed by atoms with Crippen LogP contribution in [0.4, 0.5) is 0 Å². The Morgan fingerprint density at radius 3 is 2.82 bits per heavy atom. The maximum Gasteiger partial charge on any atom is 0.137 e. The van der Waals surface area contributed by atoms with E-state index in [9.17, 15) is 0 Å². The van der Waals surface area contributed by atoms with Gasteiger partial charge >= 0.3 is 0 Å². The van der Waals surface area contributed by atoms with E-state index < -0.39 is 0 Å². The number of halogens is 1. The van der Waals surface area contributed by atoms with E-state index >= 15 is 0 Å². The fourth-order valence-electron chi connectivity index (χ4n) is 1.82. The van der Waals surface area contributed by atoms with Gasteiger partial charge in [-0.25, -0.2) is 0 Å². The minimum Gasteiger partial charge on any atom is -0.492 e. The Morgan fingerprint density at radius 1 is 1.47 bits per heavy atom. The predicted molar refractivity (Wildman–Crippen MR) is 71.8 cm³/mol. The molecule has 1 aliphatic carbocycles. The van der Waals surface area contributed by atoms with Gasteiger partial charge in [0, 0.05) is 6.04 Å². The molecular formula is C14H20ClNO. The largest absolute Gasteiger partial charge is 0.492 e. The molecule has 3 heteroatoms. The van der Waals surface area contributed by atoms with E-state index in [1.807, 2.05) is 12.1 Å². The molecule has 0 bridgehead atoms. The van der Waals surface area contributed by atoms with Crippen molar-refractivity contribution in [3.63, 3.8) is 0 Å². The third-order valence-electron chi connectivity index (χ3n) is 3.14. The molecule has 17 heavy (non-hydrogen) atoms. The molecule has 0 spiro atoms. The van der Waals surface area contributed by atoms with E-state index in [-0.39, 0.29) is 0 Å². The highest BCUT2D eigenvalue weighted by Gasteiger charge is 2.22. The zero-order chi connectivity index (χ0) is 12.3. The third kappa shape index (κ3) is 3.62. The van der Waals surface area contributed by atoms with Gasteiger partial charge in [0.25, 0.3) is 0 Å². The van der Waals surface area contributed by atoms with Crippen LogP contribution >= 0.6 is 11.6 Å². The van der Waals surface area contributed by atoms with E-state index in [0.717, 1.165) is 24.8 Å². The number of rotatable bonds is 6. The molecule has 1 saturated carbocycles. The zero-order valence-corrected chi connectivity index (χ0v) is 11.3. The van der Waals surface area contributed by atoms with Gasteiger partial charge in [-0.05, 0) is 49.9 Å². The van der Waals surface area contributed by atoms with Crippen molar-refractivity contribution >= 4 is 11.6 Å². The SMILES string of the molecule is CCNC(C)c1ccc(OCC2CC2)c(Cl)c1. The highest BCUT2D eigenvalue weighted by Crippen LogP contribution is 2.32. The molecule has 1 fully saturated rings. The molecule has 0 saturated heterocycles. The molecule has 1 aromatic rings. The minimum absolute atomic E-state index is 0.329. The van der Waals surface area contributed by atoms with Crippen molar-refractivity contribution in [3.8, 4) is 5.75 Å². The van der Waals surface area contributed by atoms with Gasteiger partial charge in [-0.15, -0.1) is 0 Å². The summed E-state index contributed by atoms with van der Waals surface area (Å²) in [5.41, 5.74) is 1.20. The maximum absolute atomic E-state index is 6.22. The van der Waals surface area contributed by atoms with Crippen molar-refractivity contribution in [2.45, 2.75) is 32.7 Å². The lowest BCUT2D eigenvalue weighted by molar-refractivity contribution is 0.300. The lowest BCUT2D eigenvalue weighted by Gasteiger charge is -2.14. The first-order chi connectivity index (χ1) is 8.20. The van der Waals surface area contributed by atoms with Gasteiger partial charge in [0.2, 0.25) is 0 Å². The highest BCUT2D eigenvalue weighted by atomic mass is 35.5. The summed E-state index contributed by atoms with van der Waals surface area (Å²) in [6.45, 7) is 6.01. The fraction of sp³-hybridized carbons (Fsp3) is 0.571. The molecule has 1 aromatic carbocycles. The zero-order valence-electron chi connectivity index (χ0n) is 10.5. The standard InChI is InChI=1S/C14H20ClNO/c1-3-16-10(2)12-6-7-14(13(15)8-12)17-9-11-4-5-11/h6-8,10-11,16H,3-5,9H2,1-2H3. The van der Waals surface area contributed by atoms with Crippen molar-refractivity contribution in [2.75, 3.05) is 13.2 Å². The molecule has 1 N–H and O–H groups in total. The summed E-state index contributed by atoms with van der Waals surface area (Å²) in [5.74, 6) is 1.57. The molecule has 0 aliphatic heterocycles. The molecule has 1 atom stereocenters. The lowest BCUT2D eigenvalue weighted by atomic mass is 10.1. The molecular weight excluding hydrogens is 234 g/mol. The smallest absolute Gasteiger partial charge is 0.137 e. The Bertz CT molecular complexity index is 376. The molecule has 0 heterocycles. The summed E-state index contributed by atoms with van der Waals surface area (Å²) in [7, 11) is 0. The van der Waals surface area contributed by atoms with Gasteiger partial charge in [0.05, 0.1) is 11.6 Å². The third-order valence-corrected chi connectivity index (χ3v) is 3.43. The quantitative estimate of drug-likeness (QED) is 0.833. The number of hydrogen-bond acceptors (Lipinski definition) is 2. The summed E-state index contributed by atoms with van der Waals surface area (Å²) in [6, 6.07) is 6.39. The van der Waals surface area contributed by atoms with E-state index in [1.165, 1.54) is 18.4 Å². The van der Waals surface area contributed by atoms with Crippen LogP contribution < -0.4 is 10.1 Å². The highest BCUT2D eigenvalue weighted by molar-refractivity contribution is 6.32. The Balaban J connectivity index is 1.99. The molecule has 1 unspecified atom stereocenters. The Labute approximate surface area is 108 Å². The monoisotopic (exact) mass is 253 g/mol. The van der Waals surface area contributed by atoms with Gasteiger partial charge in [0.15, 0.2) is 0 Å². The van der Waals surface area contributed by atoms with Crippen molar-refractivity contribution in [2.24, 2.45) is 5.92 Å². The van der Waals surface area contributed by atoms with Crippen molar-refractivity contribution in [1.29, 1.82) is 0 Å². The van der Waals surface area contributed by atoms with Gasteiger partial charge < -0.3 is 10.1 Å². The molecule has 2 nitrogen and oxygen atoms in total. The molecule has 94 valence electrons. The van der Waals surface area contributed by atoms with Crippen molar-refractivity contribution in [3.05, 3.63) is 28.8 Å². The first-order valence-electron chi connectivity index (χ1n) is 6.36. The normalized spacial score (nSPS) is 16.9. The van der Waals surface area contributed by atoms with Gasteiger partial charge in [0.1, 0.15) is 5.75 Å². The number of benzene rings is 1. The first-order valence-corrected chi connectivity index (χ1v) is 6.74. The van der Waals surface area contributed by atoms with Gasteiger partial charge in [-0.3, -0.25) is 0 Å². The predicted octanol–water partition coefficient (Wildman–Crippen LogP) is 3.80. The number of nitrogens with one attached hydrogen (secondary N) is 1. The molecule has 0 amide bonds. The Hall–Kier alpha value is -0.730. The number of ether oxygens (including phenoxy) is 1. The number of hydrogen-bond donors (Lipinski definition) is 1. The average molecular weight is 254 g/mol. The molecule has 1 aliphatic rings. The van der Waals surface area contributed by atoms with Crippen LogP contribution in [0.5, 0.6) is 5.75 Å². The summed E-state index contributed by atoms with van der Waals surface area (Å²) >= 11 is 6.22. The van der Waals surface area contributed by atoms with Crippen LogP contribution in [-0.4, -0.2) is 13.2 Å². The van der Waals surface area contributed by atoms with E-state index in [0.29, 0.717) is 11.1 Å². The van der Waals surface area contributed by atoms with Crippen LogP contribution in [0.1, 0.15) is 38.3 Å². The minimum atomic E-state index is 0.329. The van der Waals surface area contributed by atoms with E-state index in [1.54, 1.807) is 0 Å². The second kappa shape index (κ2) is 5.74. The Kier molecular flexibility index (Phi) is 4.30. The summed E-state index contributed by atoms with van der Waals surface area (Å²) in [4.78, 5) is 0. The van der Waals surface area contributed by atoms with Crippen molar-refractivity contribution in [1.82, 2.24) is 5.32 Å². The van der Waals surface area contributed by atoms with Crippen LogP contribution in [0, 0.1) is 5.92 Å². The van der Waals surface area contributed by atoms with Gasteiger partial charge in [-0.2, -0.15) is 0 Å². The second-order valence-electron chi connectivity index (χ2n) is 4.72. The average Bonchev–Trinajstić information content (AvgIpc) is 3.11. The second-order valence-corrected chi connectivity index (χ2v) is 5.13. The lowest BCUT2D eigenvalue weighted by Crippen LogP contribution is -2.17. The van der Waals surface area contributed by atoms with Crippen molar-refractivity contribution < 1.29 is 4.74 Å². The maximum atomic E-state index is 6.22. The van der Waals surface area contributed by atoms with Crippen LogP contribution in [0.3, 0.4) is 0 Å². The topological polar surface area (TPSA) is 21.3 Å². The van der Waals surface area contributed by atoms with Crippen LogP contribution in [0.15, 0.2) is 18.2 Å². The van der Waals surface area contributed by atoms with Crippen LogP contribution in [0.25, 0.3) is 0 Å². The van der Waals surface area contributed by atoms with Crippen LogP contribution in [-0.2, 0) is 0 Å². The Morgan fingerprint density at radius 2 is 2.24 bits per heavy atom. The fourth-order valence-corrected chi connectivity index (χ4v) is 2.06. The first kappa shape index (κ1) is 12.7. The molecule has 0 aromatic heterocycles.